The molecule has 0 bridgehead atoms. The quantitative estimate of drug-likeness (QED) is 0.920. The van der Waals surface area contributed by atoms with Gasteiger partial charge in [0.1, 0.15) is 0 Å². The van der Waals surface area contributed by atoms with Gasteiger partial charge in [0.25, 0.3) is 0 Å². The van der Waals surface area contributed by atoms with Crippen LogP contribution in [0.3, 0.4) is 0 Å². The summed E-state index contributed by atoms with van der Waals surface area (Å²) in [4.78, 5) is 27.1. The molecule has 0 unspecified atom stereocenters. The van der Waals surface area contributed by atoms with Crippen molar-refractivity contribution in [3.8, 4) is 0 Å². The van der Waals surface area contributed by atoms with E-state index in [0.29, 0.717) is 19.5 Å². The fourth-order valence-corrected chi connectivity index (χ4v) is 3.82. The summed E-state index contributed by atoms with van der Waals surface area (Å²) in [5, 5.41) is 9.83. The number of likely N-dealkylation sites (tertiary alicyclic amines) is 1. The Labute approximate surface area is 129 Å². The first kappa shape index (κ1) is 16.2. The molecular formula is C15H24N2O3S. The Kier molecular flexibility index (Phi) is 5.22. The zero-order valence-corrected chi connectivity index (χ0v) is 13.8. The van der Waals surface area contributed by atoms with Crippen LogP contribution in [0.15, 0.2) is 4.79 Å². The van der Waals surface area contributed by atoms with Crippen molar-refractivity contribution in [2.75, 3.05) is 6.54 Å². The summed E-state index contributed by atoms with van der Waals surface area (Å²) in [6.45, 7) is 6.72. The molecule has 1 amide bonds. The Hall–Kier alpha value is -1.14. The molecule has 0 radical (unpaired) electrons. The molecule has 6 heteroatoms. The average molecular weight is 312 g/mol. The van der Waals surface area contributed by atoms with Gasteiger partial charge in [-0.2, -0.15) is 0 Å². The van der Waals surface area contributed by atoms with E-state index in [1.165, 1.54) is 11.3 Å². The van der Waals surface area contributed by atoms with Crippen molar-refractivity contribution < 1.29 is 9.90 Å². The van der Waals surface area contributed by atoms with Crippen LogP contribution in [0.2, 0.25) is 0 Å². The van der Waals surface area contributed by atoms with Gasteiger partial charge in [-0.25, -0.2) is 0 Å². The number of rotatable bonds is 4. The smallest absolute Gasteiger partial charge is 0.307 e. The van der Waals surface area contributed by atoms with Crippen molar-refractivity contribution in [1.29, 1.82) is 0 Å². The van der Waals surface area contributed by atoms with Crippen LogP contribution in [0.5, 0.6) is 0 Å². The number of aliphatic hydroxyl groups excluding tert-OH is 1. The van der Waals surface area contributed by atoms with Gasteiger partial charge >= 0.3 is 4.87 Å². The summed E-state index contributed by atoms with van der Waals surface area (Å²) < 4.78 is 1.68. The maximum atomic E-state index is 12.4. The monoisotopic (exact) mass is 312 g/mol. The molecule has 1 aromatic heterocycles. The predicted molar refractivity (Wildman–Crippen MR) is 83.7 cm³/mol. The van der Waals surface area contributed by atoms with E-state index < -0.39 is 6.10 Å². The van der Waals surface area contributed by atoms with E-state index in [4.69, 9.17) is 0 Å². The van der Waals surface area contributed by atoms with Crippen LogP contribution >= 0.6 is 11.3 Å². The second-order valence-corrected chi connectivity index (χ2v) is 6.97. The van der Waals surface area contributed by atoms with Crippen LogP contribution in [0, 0.1) is 13.8 Å². The Bertz CT molecular complexity index is 562. The van der Waals surface area contributed by atoms with Crippen molar-refractivity contribution in [3.05, 3.63) is 20.2 Å². The van der Waals surface area contributed by atoms with Gasteiger partial charge in [-0.15, -0.1) is 0 Å². The van der Waals surface area contributed by atoms with E-state index in [2.05, 4.69) is 0 Å². The third kappa shape index (κ3) is 3.55. The molecular weight excluding hydrogens is 288 g/mol. The van der Waals surface area contributed by atoms with Gasteiger partial charge in [-0.1, -0.05) is 11.3 Å². The summed E-state index contributed by atoms with van der Waals surface area (Å²) in [6.07, 6.45) is 2.73. The molecule has 0 spiro atoms. The van der Waals surface area contributed by atoms with E-state index >= 15 is 0 Å². The summed E-state index contributed by atoms with van der Waals surface area (Å²) in [6, 6.07) is -0.0757. The number of aryl methyl sites for hydroxylation is 1. The highest BCUT2D eigenvalue weighted by molar-refractivity contribution is 7.09. The lowest BCUT2D eigenvalue weighted by molar-refractivity contribution is -0.137. The minimum Gasteiger partial charge on any atom is -0.391 e. The van der Waals surface area contributed by atoms with E-state index in [-0.39, 0.29) is 16.8 Å². The molecule has 5 nitrogen and oxygen atoms in total. The molecule has 1 aromatic rings. The number of amides is 1. The highest BCUT2D eigenvalue weighted by atomic mass is 32.1. The summed E-state index contributed by atoms with van der Waals surface area (Å²) in [5.74, 6) is 0.0377. The van der Waals surface area contributed by atoms with Crippen molar-refractivity contribution in [2.24, 2.45) is 0 Å². The van der Waals surface area contributed by atoms with Crippen LogP contribution < -0.4 is 4.87 Å². The fraction of sp³-hybridized carbons (Fsp3) is 0.733. The molecule has 0 aliphatic carbocycles. The maximum absolute atomic E-state index is 12.4. The number of piperidine rings is 1. The lowest BCUT2D eigenvalue weighted by Crippen LogP contribution is -2.49. The van der Waals surface area contributed by atoms with Gasteiger partial charge in [-0.3, -0.25) is 9.59 Å². The molecule has 1 saturated heterocycles. The van der Waals surface area contributed by atoms with Gasteiger partial charge < -0.3 is 14.6 Å². The largest absolute Gasteiger partial charge is 0.391 e. The SMILES string of the molecule is Cc1sc(=O)n(CCC(=O)N2CCCC[C@@H]2[C@@H](C)O)c1C. The Morgan fingerprint density at radius 1 is 1.43 bits per heavy atom. The van der Waals surface area contributed by atoms with Gasteiger partial charge in [0.15, 0.2) is 0 Å². The van der Waals surface area contributed by atoms with Crippen molar-refractivity contribution in [3.63, 3.8) is 0 Å². The summed E-state index contributed by atoms with van der Waals surface area (Å²) in [7, 11) is 0. The van der Waals surface area contributed by atoms with Crippen LogP contribution in [-0.4, -0.2) is 39.2 Å². The van der Waals surface area contributed by atoms with E-state index in [1.807, 2.05) is 13.8 Å². The third-order valence-corrected chi connectivity index (χ3v) is 5.35. The topological polar surface area (TPSA) is 62.5 Å². The number of hydrogen-bond acceptors (Lipinski definition) is 4. The zero-order valence-electron chi connectivity index (χ0n) is 13.0. The Morgan fingerprint density at radius 2 is 2.14 bits per heavy atom. The van der Waals surface area contributed by atoms with Crippen molar-refractivity contribution in [2.45, 2.75) is 65.1 Å². The molecule has 1 N–H and O–H groups in total. The maximum Gasteiger partial charge on any atom is 0.307 e. The van der Waals surface area contributed by atoms with Crippen LogP contribution in [0.25, 0.3) is 0 Å². The Balaban J connectivity index is 2.02. The molecule has 118 valence electrons. The molecule has 0 aromatic carbocycles. The lowest BCUT2D eigenvalue weighted by atomic mass is 9.98. The number of aromatic nitrogens is 1. The molecule has 1 aliphatic heterocycles. The lowest BCUT2D eigenvalue weighted by Gasteiger charge is -2.37. The van der Waals surface area contributed by atoms with Crippen molar-refractivity contribution >= 4 is 17.2 Å². The highest BCUT2D eigenvalue weighted by Crippen LogP contribution is 2.21. The standard InChI is InChI=1S/C15H24N2O3S/c1-10-12(3)21-15(20)16(10)9-7-14(19)17-8-5-4-6-13(17)11(2)18/h11,13,18H,4-9H2,1-3H3/t11-,13-/m1/s1. The second-order valence-electron chi connectivity index (χ2n) is 5.80. The molecule has 1 aliphatic rings. The molecule has 2 heterocycles. The van der Waals surface area contributed by atoms with Crippen LogP contribution in [0.1, 0.15) is 43.2 Å². The fourth-order valence-electron chi connectivity index (χ4n) is 2.97. The van der Waals surface area contributed by atoms with Crippen molar-refractivity contribution in [1.82, 2.24) is 9.47 Å². The average Bonchev–Trinajstić information content (AvgIpc) is 2.70. The summed E-state index contributed by atoms with van der Waals surface area (Å²) >= 11 is 1.23. The molecule has 0 saturated carbocycles. The third-order valence-electron chi connectivity index (χ3n) is 4.35. The molecule has 2 atom stereocenters. The normalized spacial score (nSPS) is 20.6. The zero-order chi connectivity index (χ0) is 15.6. The van der Waals surface area contributed by atoms with Crippen LogP contribution in [0.4, 0.5) is 0 Å². The second kappa shape index (κ2) is 6.75. The van der Waals surface area contributed by atoms with E-state index in [1.54, 1.807) is 16.4 Å². The number of hydrogen-bond donors (Lipinski definition) is 1. The summed E-state index contributed by atoms with van der Waals surface area (Å²) in [5.41, 5.74) is 0.948. The van der Waals surface area contributed by atoms with Gasteiger partial charge in [-0.05, 0) is 40.0 Å². The first-order chi connectivity index (χ1) is 9.91. The van der Waals surface area contributed by atoms with E-state index in [9.17, 15) is 14.7 Å². The minimum absolute atomic E-state index is 0.00326. The number of thiazole rings is 1. The van der Waals surface area contributed by atoms with Gasteiger partial charge in [0, 0.05) is 30.1 Å². The Morgan fingerprint density at radius 3 is 2.71 bits per heavy atom. The number of aliphatic hydroxyl groups is 1. The molecule has 21 heavy (non-hydrogen) atoms. The number of carbonyl (C=O) groups excluding carboxylic acids is 1. The van der Waals surface area contributed by atoms with Gasteiger partial charge in [0.05, 0.1) is 12.1 Å². The predicted octanol–water partition coefficient (Wildman–Crippen LogP) is 1.68. The number of nitrogens with zero attached hydrogens (tertiary/aromatic N) is 2. The first-order valence-electron chi connectivity index (χ1n) is 7.56. The first-order valence-corrected chi connectivity index (χ1v) is 8.38. The molecule has 2 rings (SSSR count). The molecule has 1 fully saturated rings. The van der Waals surface area contributed by atoms with E-state index in [0.717, 1.165) is 29.8 Å². The van der Waals surface area contributed by atoms with Crippen LogP contribution in [-0.2, 0) is 11.3 Å². The number of carbonyl (C=O) groups is 1. The van der Waals surface area contributed by atoms with Gasteiger partial charge in [0.2, 0.25) is 5.91 Å². The minimum atomic E-state index is -0.498. The highest BCUT2D eigenvalue weighted by Gasteiger charge is 2.29.